The van der Waals surface area contributed by atoms with Gasteiger partial charge in [0.1, 0.15) is 48.8 Å². The second-order valence-electron chi connectivity index (χ2n) is 20.5. The second-order valence-corrected chi connectivity index (χ2v) is 20.5. The monoisotopic (exact) mass is 799 g/mol. The smallest absolute Gasteiger partial charge is 0.187 e. The van der Waals surface area contributed by atoms with E-state index in [1.54, 1.807) is 0 Å². The average molecular weight is 799 g/mol. The Morgan fingerprint density at radius 1 is 0.732 bits per heavy atom. The Bertz CT molecular complexity index is 1380. The molecule has 0 radical (unpaired) electrons. The number of unbranched alkanes of at least 4 members (excludes halogenated alkanes) is 1. The first kappa shape index (κ1) is 44.8. The lowest BCUT2D eigenvalue weighted by Gasteiger charge is -2.70. The van der Waals surface area contributed by atoms with E-state index in [0.717, 1.165) is 44.9 Å². The molecule has 4 saturated carbocycles. The first-order chi connectivity index (χ1) is 26.1. The number of fused-ring (bicyclic) bond motifs is 5. The summed E-state index contributed by atoms with van der Waals surface area (Å²) in [6.07, 6.45) is -5.32. The van der Waals surface area contributed by atoms with E-state index < -0.39 is 97.8 Å². The number of allylic oxidation sites excluding steroid dienone is 2. The van der Waals surface area contributed by atoms with Gasteiger partial charge in [0.25, 0.3) is 0 Å². The molecule has 6 aliphatic rings. The van der Waals surface area contributed by atoms with Crippen LogP contribution in [0.15, 0.2) is 11.6 Å². The summed E-state index contributed by atoms with van der Waals surface area (Å²) in [4.78, 5) is 0. The minimum absolute atomic E-state index is 0.0142. The van der Waals surface area contributed by atoms with E-state index in [0.29, 0.717) is 19.3 Å². The van der Waals surface area contributed by atoms with Gasteiger partial charge in [-0.05, 0) is 130 Å². The Labute approximate surface area is 333 Å². The molecule has 56 heavy (non-hydrogen) atoms. The minimum atomic E-state index is -1.75. The van der Waals surface area contributed by atoms with E-state index in [4.69, 9.17) is 18.9 Å². The van der Waals surface area contributed by atoms with Crippen molar-refractivity contribution in [3.05, 3.63) is 11.6 Å². The third-order valence-corrected chi connectivity index (χ3v) is 16.8. The molecule has 0 aromatic heterocycles. The molecule has 13 nitrogen and oxygen atoms in total. The van der Waals surface area contributed by atoms with Gasteiger partial charge in [-0.3, -0.25) is 0 Å². The van der Waals surface area contributed by atoms with Crippen LogP contribution < -0.4 is 0 Å². The van der Waals surface area contributed by atoms with Gasteiger partial charge in [0.05, 0.1) is 31.0 Å². The molecule has 0 amide bonds. The molecule has 20 atom stereocenters. The molecule has 0 aromatic rings. The maximum absolute atomic E-state index is 12.2. The summed E-state index contributed by atoms with van der Waals surface area (Å²) < 4.78 is 24.4. The Morgan fingerprint density at radius 2 is 1.34 bits per heavy atom. The lowest BCUT2D eigenvalue weighted by Crippen LogP contribution is -2.68. The number of rotatable bonds is 11. The maximum Gasteiger partial charge on any atom is 0.187 e. The first-order valence-electron chi connectivity index (χ1n) is 21.4. The quantitative estimate of drug-likeness (QED) is 0.0836. The number of hydrogen-bond acceptors (Lipinski definition) is 13. The molecule has 0 bridgehead atoms. The van der Waals surface area contributed by atoms with Crippen molar-refractivity contribution in [1.82, 2.24) is 0 Å². The van der Waals surface area contributed by atoms with E-state index in [2.05, 4.69) is 54.5 Å². The SMILES string of the molecule is CC(C)=CCCC[C@@](C)(O)[C@H]1CC[C@]2(C)[C@H]1[C@H](O)C[C@@H]1[C@@]3(C)CC[C@H](O[C@@H]4O[C@H](CO)[C@@H](O)[C@H](O)[C@H]4O[C@@H]4O[C@H](CO)[C@@H](O)[C@H](O)[C@H]4O)C(C)(C)[C@@H]3CC[C@]12C. The van der Waals surface area contributed by atoms with E-state index in [1.165, 1.54) is 5.57 Å². The molecule has 2 saturated heterocycles. The summed E-state index contributed by atoms with van der Waals surface area (Å²) in [6, 6.07) is 0. The Morgan fingerprint density at radius 3 is 1.96 bits per heavy atom. The predicted octanol–water partition coefficient (Wildman–Crippen LogP) is 2.54. The van der Waals surface area contributed by atoms with Crippen LogP contribution in [-0.2, 0) is 18.9 Å². The summed E-state index contributed by atoms with van der Waals surface area (Å²) in [7, 11) is 0. The Kier molecular flexibility index (Phi) is 13.0. The van der Waals surface area contributed by atoms with Crippen molar-refractivity contribution in [1.29, 1.82) is 0 Å². The Hall–Kier alpha value is -0.780. The molecule has 6 rings (SSSR count). The fraction of sp³-hybridized carbons (Fsp3) is 0.953. The van der Waals surface area contributed by atoms with Gasteiger partial charge >= 0.3 is 0 Å². The zero-order valence-electron chi connectivity index (χ0n) is 35.0. The van der Waals surface area contributed by atoms with Crippen molar-refractivity contribution in [3.63, 3.8) is 0 Å². The maximum atomic E-state index is 12.2. The highest BCUT2D eigenvalue weighted by Crippen LogP contribution is 2.76. The van der Waals surface area contributed by atoms with Crippen LogP contribution in [0.2, 0.25) is 0 Å². The van der Waals surface area contributed by atoms with Crippen LogP contribution in [0.1, 0.15) is 120 Å². The highest BCUT2D eigenvalue weighted by atomic mass is 16.8. The molecule has 4 aliphatic carbocycles. The molecular weight excluding hydrogens is 724 g/mol. The summed E-state index contributed by atoms with van der Waals surface area (Å²) in [5, 5.41) is 97.5. The van der Waals surface area contributed by atoms with Crippen LogP contribution in [0, 0.1) is 45.3 Å². The van der Waals surface area contributed by atoms with Gasteiger partial charge in [-0.25, -0.2) is 0 Å². The second kappa shape index (κ2) is 16.2. The average Bonchev–Trinajstić information content (AvgIpc) is 3.52. The molecule has 0 unspecified atom stereocenters. The summed E-state index contributed by atoms with van der Waals surface area (Å²) in [5.41, 5.74) is -0.337. The van der Waals surface area contributed by atoms with Gasteiger partial charge in [-0.2, -0.15) is 0 Å². The van der Waals surface area contributed by atoms with Crippen LogP contribution >= 0.6 is 0 Å². The fourth-order valence-corrected chi connectivity index (χ4v) is 13.5. The largest absolute Gasteiger partial charge is 0.394 e. The van der Waals surface area contributed by atoms with Gasteiger partial charge in [-0.15, -0.1) is 0 Å². The van der Waals surface area contributed by atoms with E-state index in [-0.39, 0.29) is 39.9 Å². The van der Waals surface area contributed by atoms with E-state index >= 15 is 0 Å². The molecule has 13 heteroatoms. The van der Waals surface area contributed by atoms with Crippen molar-refractivity contribution >= 4 is 0 Å². The van der Waals surface area contributed by atoms with Gasteiger partial charge in [0.15, 0.2) is 12.6 Å². The molecule has 0 spiro atoms. The molecule has 0 aromatic carbocycles. The topological polar surface area (TPSA) is 219 Å². The van der Waals surface area contributed by atoms with Crippen molar-refractivity contribution < 1.29 is 64.9 Å². The summed E-state index contributed by atoms with van der Waals surface area (Å²) >= 11 is 0. The van der Waals surface area contributed by atoms with Crippen LogP contribution in [0.4, 0.5) is 0 Å². The zero-order chi connectivity index (χ0) is 41.3. The van der Waals surface area contributed by atoms with E-state index in [9.17, 15) is 46.0 Å². The third-order valence-electron chi connectivity index (χ3n) is 16.8. The normalized spacial score (nSPS) is 51.3. The highest BCUT2D eigenvalue weighted by Gasteiger charge is 2.71. The van der Waals surface area contributed by atoms with Crippen molar-refractivity contribution in [2.75, 3.05) is 13.2 Å². The van der Waals surface area contributed by atoms with Crippen molar-refractivity contribution in [2.45, 2.75) is 199 Å². The van der Waals surface area contributed by atoms with Crippen LogP contribution in [0.5, 0.6) is 0 Å². The fourth-order valence-electron chi connectivity index (χ4n) is 13.5. The minimum Gasteiger partial charge on any atom is -0.394 e. The number of hydrogen-bond donors (Lipinski definition) is 9. The van der Waals surface area contributed by atoms with Crippen molar-refractivity contribution in [3.8, 4) is 0 Å². The lowest BCUT2D eigenvalue weighted by atomic mass is 9.35. The van der Waals surface area contributed by atoms with Crippen LogP contribution in [-0.4, -0.2) is 138 Å². The predicted molar refractivity (Wildman–Crippen MR) is 206 cm³/mol. The zero-order valence-corrected chi connectivity index (χ0v) is 35.0. The van der Waals surface area contributed by atoms with Crippen molar-refractivity contribution in [2.24, 2.45) is 45.3 Å². The molecule has 324 valence electrons. The third kappa shape index (κ3) is 7.38. The lowest BCUT2D eigenvalue weighted by molar-refractivity contribution is -0.378. The van der Waals surface area contributed by atoms with Gasteiger partial charge in [0, 0.05) is 0 Å². The molecule has 9 N–H and O–H groups in total. The van der Waals surface area contributed by atoms with Gasteiger partial charge in [-0.1, -0.05) is 46.3 Å². The van der Waals surface area contributed by atoms with Gasteiger partial charge < -0.3 is 64.9 Å². The molecule has 6 fully saturated rings. The molecule has 2 heterocycles. The van der Waals surface area contributed by atoms with Crippen LogP contribution in [0.25, 0.3) is 0 Å². The van der Waals surface area contributed by atoms with Crippen LogP contribution in [0.3, 0.4) is 0 Å². The number of aliphatic hydroxyl groups excluding tert-OH is 8. The standard InChI is InChI=1S/C43H74O13/c1-22(2)11-9-10-15-43(8,52)23-12-17-42(7)30(23)24(46)19-28-40(5)16-14-29(39(3,4)27(40)13-18-41(28,42)6)55-38-36(34(50)32(48)26(21-45)54-38)56-37-35(51)33(49)31(47)25(20-44)53-37/h11,23-38,44-52H,9-10,12-21H2,1-8H3/t23-,24+,25+,26+,27-,28+,29-,30+,31+,32+,33-,34-,35+,36+,37-,38-,40-,41+,42+,43+/m0/s1. The van der Waals surface area contributed by atoms with E-state index in [1.807, 2.05) is 6.92 Å². The number of ether oxygens (including phenoxy) is 4. The highest BCUT2D eigenvalue weighted by molar-refractivity contribution is 5.20. The Balaban J connectivity index is 1.21. The molecular formula is C43H74O13. The van der Waals surface area contributed by atoms with Gasteiger partial charge in [0.2, 0.25) is 0 Å². The number of aliphatic hydroxyl groups is 9. The first-order valence-corrected chi connectivity index (χ1v) is 21.4. The summed E-state index contributed by atoms with van der Waals surface area (Å²) in [5.74, 6) is 0.464. The summed E-state index contributed by atoms with van der Waals surface area (Å²) in [6.45, 7) is 16.5. The molecule has 2 aliphatic heterocycles.